The van der Waals surface area contributed by atoms with Gasteiger partial charge in [-0.2, -0.15) is 0 Å². The lowest BCUT2D eigenvalue weighted by atomic mass is 9.99. The first-order valence-corrected chi connectivity index (χ1v) is 6.93. The summed E-state index contributed by atoms with van der Waals surface area (Å²) in [5.74, 6) is 0.538. The Bertz CT molecular complexity index is 603. The first kappa shape index (κ1) is 13.8. The quantitative estimate of drug-likeness (QED) is 0.894. The summed E-state index contributed by atoms with van der Waals surface area (Å²) < 4.78 is 1.88. The lowest BCUT2D eigenvalue weighted by Gasteiger charge is -2.24. The van der Waals surface area contributed by atoms with Crippen LogP contribution in [0.2, 0.25) is 0 Å². The van der Waals surface area contributed by atoms with Crippen LogP contribution in [0.25, 0.3) is 10.9 Å². The number of fused-ring (bicyclic) bond motifs is 1. The van der Waals surface area contributed by atoms with Crippen LogP contribution in [0.4, 0.5) is 0 Å². The van der Waals surface area contributed by atoms with Gasteiger partial charge in [0.05, 0.1) is 5.52 Å². The van der Waals surface area contributed by atoms with E-state index in [2.05, 4.69) is 19.2 Å². The van der Waals surface area contributed by atoms with Crippen molar-refractivity contribution in [2.45, 2.75) is 32.9 Å². The second-order valence-corrected chi connectivity index (χ2v) is 5.12. The highest BCUT2D eigenvalue weighted by Crippen LogP contribution is 2.14. The van der Waals surface area contributed by atoms with Crippen molar-refractivity contribution in [3.63, 3.8) is 0 Å². The first-order valence-electron chi connectivity index (χ1n) is 6.93. The molecule has 0 aliphatic rings. The highest BCUT2D eigenvalue weighted by atomic mass is 16.1. The van der Waals surface area contributed by atoms with Crippen LogP contribution in [0.3, 0.4) is 0 Å². The fourth-order valence-corrected chi connectivity index (χ4v) is 2.47. The van der Waals surface area contributed by atoms with E-state index in [1.54, 1.807) is 6.07 Å². The molecule has 2 rings (SSSR count). The summed E-state index contributed by atoms with van der Waals surface area (Å²) in [4.78, 5) is 12.1. The molecule has 2 atom stereocenters. The maximum absolute atomic E-state index is 12.1. The zero-order chi connectivity index (χ0) is 13.8. The second-order valence-electron chi connectivity index (χ2n) is 5.12. The molecule has 2 unspecified atom stereocenters. The molecule has 0 saturated heterocycles. The largest absolute Gasteiger partial charge is 0.315 e. The molecule has 3 heteroatoms. The summed E-state index contributed by atoms with van der Waals surface area (Å²) >= 11 is 0. The molecule has 0 aliphatic heterocycles. The van der Waals surface area contributed by atoms with Crippen molar-refractivity contribution in [2.24, 2.45) is 5.92 Å². The summed E-state index contributed by atoms with van der Waals surface area (Å²) in [5.41, 5.74) is 1.08. The number of hydrogen-bond acceptors (Lipinski definition) is 2. The Morgan fingerprint density at radius 2 is 1.95 bits per heavy atom. The molecule has 0 bridgehead atoms. The van der Waals surface area contributed by atoms with Crippen molar-refractivity contribution in [1.29, 1.82) is 0 Å². The van der Waals surface area contributed by atoms with Crippen LogP contribution in [0.5, 0.6) is 0 Å². The third-order valence-corrected chi connectivity index (χ3v) is 3.98. The molecule has 0 amide bonds. The zero-order valence-corrected chi connectivity index (χ0v) is 11.9. The van der Waals surface area contributed by atoms with E-state index in [9.17, 15) is 4.79 Å². The second kappa shape index (κ2) is 6.02. The maximum Gasteiger partial charge on any atom is 0.251 e. The number of rotatable bonds is 5. The van der Waals surface area contributed by atoms with Gasteiger partial charge in [0.2, 0.25) is 0 Å². The minimum absolute atomic E-state index is 0.0715. The zero-order valence-electron chi connectivity index (χ0n) is 11.9. The molecule has 0 fully saturated rings. The third-order valence-electron chi connectivity index (χ3n) is 3.98. The Kier molecular flexibility index (Phi) is 4.38. The van der Waals surface area contributed by atoms with Gasteiger partial charge in [-0.1, -0.05) is 38.5 Å². The van der Waals surface area contributed by atoms with Crippen molar-refractivity contribution in [3.8, 4) is 0 Å². The van der Waals surface area contributed by atoms with E-state index >= 15 is 0 Å². The monoisotopic (exact) mass is 258 g/mol. The molecule has 19 heavy (non-hydrogen) atoms. The van der Waals surface area contributed by atoms with Crippen LogP contribution >= 0.6 is 0 Å². The molecule has 1 N–H and O–H groups in total. The average Bonchev–Trinajstić information content (AvgIpc) is 2.45. The summed E-state index contributed by atoms with van der Waals surface area (Å²) in [6.45, 7) is 5.11. The van der Waals surface area contributed by atoms with E-state index in [0.717, 1.165) is 17.3 Å². The fraction of sp³-hybridized carbons (Fsp3) is 0.438. The number of para-hydroxylation sites is 1. The van der Waals surface area contributed by atoms with Gasteiger partial charge in [0.25, 0.3) is 5.56 Å². The van der Waals surface area contributed by atoms with E-state index in [-0.39, 0.29) is 5.56 Å². The molecule has 2 aromatic rings. The van der Waals surface area contributed by atoms with Crippen LogP contribution in [0, 0.1) is 5.92 Å². The number of nitrogens with one attached hydrogen (secondary N) is 1. The highest BCUT2D eigenvalue weighted by molar-refractivity contribution is 5.78. The van der Waals surface area contributed by atoms with Gasteiger partial charge in [-0.15, -0.1) is 0 Å². The van der Waals surface area contributed by atoms with Gasteiger partial charge in [0.15, 0.2) is 0 Å². The third kappa shape index (κ3) is 2.87. The van der Waals surface area contributed by atoms with Crippen molar-refractivity contribution in [3.05, 3.63) is 46.8 Å². The lowest BCUT2D eigenvalue weighted by molar-refractivity contribution is 0.348. The van der Waals surface area contributed by atoms with Crippen LogP contribution in [0.15, 0.2) is 41.2 Å². The van der Waals surface area contributed by atoms with Crippen molar-refractivity contribution >= 4 is 10.9 Å². The van der Waals surface area contributed by atoms with Crippen molar-refractivity contribution < 1.29 is 0 Å². The van der Waals surface area contributed by atoms with E-state index in [0.29, 0.717) is 18.5 Å². The number of pyridine rings is 1. The predicted molar refractivity (Wildman–Crippen MR) is 80.5 cm³/mol. The number of likely N-dealkylation sites (N-methyl/N-ethyl adjacent to an activating group) is 1. The SMILES string of the molecule is CCC(C)C(Cn1c(=O)ccc2ccccc21)NC. The normalized spacial score (nSPS) is 14.5. The fourth-order valence-electron chi connectivity index (χ4n) is 2.47. The topological polar surface area (TPSA) is 34.0 Å². The van der Waals surface area contributed by atoms with E-state index < -0.39 is 0 Å². The van der Waals surface area contributed by atoms with Crippen LogP contribution < -0.4 is 10.9 Å². The van der Waals surface area contributed by atoms with Gasteiger partial charge < -0.3 is 9.88 Å². The molecule has 3 nitrogen and oxygen atoms in total. The number of benzene rings is 1. The van der Waals surface area contributed by atoms with Crippen LogP contribution in [-0.2, 0) is 6.54 Å². The van der Waals surface area contributed by atoms with E-state index in [4.69, 9.17) is 0 Å². The van der Waals surface area contributed by atoms with Crippen molar-refractivity contribution in [1.82, 2.24) is 9.88 Å². The average molecular weight is 258 g/mol. The van der Waals surface area contributed by atoms with Gasteiger partial charge in [-0.25, -0.2) is 0 Å². The van der Waals surface area contributed by atoms with Gasteiger partial charge in [-0.05, 0) is 30.5 Å². The number of nitrogens with zero attached hydrogens (tertiary/aromatic N) is 1. The van der Waals surface area contributed by atoms with E-state index in [1.165, 1.54) is 0 Å². The van der Waals surface area contributed by atoms with Gasteiger partial charge in [-0.3, -0.25) is 4.79 Å². The first-order chi connectivity index (χ1) is 9.17. The standard InChI is InChI=1S/C16H22N2O/c1-4-12(2)14(17-3)11-18-15-8-6-5-7-13(15)9-10-16(18)19/h5-10,12,14,17H,4,11H2,1-3H3. The van der Waals surface area contributed by atoms with Crippen molar-refractivity contribution in [2.75, 3.05) is 7.05 Å². The molecule has 0 aliphatic carbocycles. The molecule has 1 aromatic carbocycles. The minimum atomic E-state index is 0.0715. The maximum atomic E-state index is 12.1. The van der Waals surface area contributed by atoms with Crippen LogP contribution in [0.1, 0.15) is 20.3 Å². The Hall–Kier alpha value is -1.61. The molecule has 1 heterocycles. The minimum Gasteiger partial charge on any atom is -0.315 e. The van der Waals surface area contributed by atoms with Crippen LogP contribution in [-0.4, -0.2) is 17.7 Å². The molecule has 0 radical (unpaired) electrons. The molecular weight excluding hydrogens is 236 g/mol. The Morgan fingerprint density at radius 1 is 1.21 bits per heavy atom. The summed E-state index contributed by atoms with van der Waals surface area (Å²) in [5, 5.41) is 4.45. The predicted octanol–water partition coefficient (Wildman–Crippen LogP) is 2.64. The van der Waals surface area contributed by atoms with Gasteiger partial charge in [0.1, 0.15) is 0 Å². The number of aromatic nitrogens is 1. The molecule has 102 valence electrons. The summed E-state index contributed by atoms with van der Waals surface area (Å²) in [6, 6.07) is 11.9. The molecule has 0 spiro atoms. The van der Waals surface area contributed by atoms with Gasteiger partial charge >= 0.3 is 0 Å². The Morgan fingerprint density at radius 3 is 2.63 bits per heavy atom. The summed E-state index contributed by atoms with van der Waals surface area (Å²) in [7, 11) is 1.97. The summed E-state index contributed by atoms with van der Waals surface area (Å²) in [6.07, 6.45) is 1.10. The van der Waals surface area contributed by atoms with E-state index in [1.807, 2.05) is 41.9 Å². The lowest BCUT2D eigenvalue weighted by Crippen LogP contribution is -2.38. The Balaban J connectivity index is 2.44. The Labute approximate surface area is 114 Å². The number of hydrogen-bond donors (Lipinski definition) is 1. The molecular formula is C16H22N2O. The molecule has 1 aromatic heterocycles. The molecule has 0 saturated carbocycles. The highest BCUT2D eigenvalue weighted by Gasteiger charge is 2.15. The van der Waals surface area contributed by atoms with Gasteiger partial charge in [0, 0.05) is 18.7 Å². The smallest absolute Gasteiger partial charge is 0.251 e.